The smallest absolute Gasteiger partial charge is 0.239 e. The maximum atomic E-state index is 13.1. The number of nitrogens with zero attached hydrogens (tertiary/aromatic N) is 4. The maximum absolute atomic E-state index is 13.1. The topological polar surface area (TPSA) is 53.4 Å². The lowest BCUT2D eigenvalue weighted by atomic mass is 10.1. The van der Waals surface area contributed by atoms with E-state index in [4.69, 9.17) is 0 Å². The zero-order valence-corrected chi connectivity index (χ0v) is 11.6. The molecular weight excluding hydrogens is 261 g/mol. The largest absolute Gasteiger partial charge is 0.365 e. The lowest BCUT2D eigenvalue weighted by Crippen LogP contribution is -2.53. The zero-order chi connectivity index (χ0) is 14.1. The van der Waals surface area contributed by atoms with E-state index in [2.05, 4.69) is 15.3 Å². The third-order valence-electron chi connectivity index (χ3n) is 4.02. The Morgan fingerprint density at radius 3 is 2.70 bits per heavy atom. The number of rotatable bonds is 2. The molecule has 0 radical (unpaired) electrons. The highest BCUT2D eigenvalue weighted by molar-refractivity contribution is 5.82. The quantitative estimate of drug-likeness (QED) is 0.813. The van der Waals surface area contributed by atoms with Crippen LogP contribution in [0.4, 0.5) is 10.1 Å². The van der Waals surface area contributed by atoms with Crippen LogP contribution in [0.1, 0.15) is 6.42 Å². The van der Waals surface area contributed by atoms with Crippen LogP contribution in [0.15, 0.2) is 12.4 Å². The minimum atomic E-state index is -0.888. The fraction of sp³-hybridized carbons (Fsp3) is 0.692. The summed E-state index contributed by atoms with van der Waals surface area (Å²) in [6, 6.07) is -0.338. The van der Waals surface area contributed by atoms with Gasteiger partial charge in [-0.05, 0) is 0 Å². The first-order valence-electron chi connectivity index (χ1n) is 7.03. The summed E-state index contributed by atoms with van der Waals surface area (Å²) < 4.78 is 14.9. The number of aromatic nitrogens is 2. The number of alkyl halides is 1. The van der Waals surface area contributed by atoms with Crippen molar-refractivity contribution in [1.82, 2.24) is 20.0 Å². The molecule has 0 spiro atoms. The Kier molecular flexibility index (Phi) is 3.60. The Morgan fingerprint density at radius 1 is 1.40 bits per heavy atom. The van der Waals surface area contributed by atoms with Crippen molar-refractivity contribution in [3.8, 4) is 0 Å². The minimum absolute atomic E-state index is 0.0380. The number of amides is 1. The fourth-order valence-electron chi connectivity index (χ4n) is 2.86. The molecule has 2 fully saturated rings. The van der Waals surface area contributed by atoms with Crippen molar-refractivity contribution in [2.75, 3.05) is 37.6 Å². The molecule has 0 saturated carbocycles. The van der Waals surface area contributed by atoms with E-state index in [1.165, 1.54) is 0 Å². The predicted octanol–water partition coefficient (Wildman–Crippen LogP) is -0.231. The number of hydrogen-bond acceptors (Lipinski definition) is 4. The molecule has 2 aliphatic rings. The molecule has 2 saturated heterocycles. The van der Waals surface area contributed by atoms with Crippen LogP contribution < -0.4 is 10.2 Å². The molecule has 7 heteroatoms. The summed E-state index contributed by atoms with van der Waals surface area (Å²) in [6.45, 7) is 3.25. The number of hydrogen-bond donors (Lipinski definition) is 1. The van der Waals surface area contributed by atoms with Crippen molar-refractivity contribution in [2.24, 2.45) is 7.05 Å². The second-order valence-electron chi connectivity index (χ2n) is 5.48. The molecule has 3 heterocycles. The SMILES string of the molecule is Cn1cc(N2CCN(C(=O)[C@H]3C[C@H](F)CN3)CC2)cn1. The molecule has 1 aromatic rings. The summed E-state index contributed by atoms with van der Waals surface area (Å²) >= 11 is 0. The van der Waals surface area contributed by atoms with Crippen LogP contribution in [0.2, 0.25) is 0 Å². The van der Waals surface area contributed by atoms with E-state index in [-0.39, 0.29) is 11.9 Å². The lowest BCUT2D eigenvalue weighted by molar-refractivity contribution is -0.133. The summed E-state index contributed by atoms with van der Waals surface area (Å²) in [5, 5.41) is 7.12. The second-order valence-corrected chi connectivity index (χ2v) is 5.48. The van der Waals surface area contributed by atoms with E-state index in [0.717, 1.165) is 18.8 Å². The van der Waals surface area contributed by atoms with Gasteiger partial charge in [0, 0.05) is 52.4 Å². The monoisotopic (exact) mass is 281 g/mol. The lowest BCUT2D eigenvalue weighted by Gasteiger charge is -2.36. The summed E-state index contributed by atoms with van der Waals surface area (Å²) in [6.07, 6.45) is 3.23. The predicted molar refractivity (Wildman–Crippen MR) is 73.3 cm³/mol. The number of carbonyl (C=O) groups excluding carboxylic acids is 1. The molecular formula is C13H20FN5O. The van der Waals surface area contributed by atoms with E-state index in [9.17, 15) is 9.18 Å². The molecule has 0 aliphatic carbocycles. The van der Waals surface area contributed by atoms with Crippen LogP contribution in [-0.2, 0) is 11.8 Å². The Balaban J connectivity index is 1.54. The van der Waals surface area contributed by atoms with Gasteiger partial charge in [-0.15, -0.1) is 0 Å². The van der Waals surface area contributed by atoms with Gasteiger partial charge in [0.15, 0.2) is 0 Å². The van der Waals surface area contributed by atoms with Gasteiger partial charge in [-0.2, -0.15) is 5.10 Å². The third kappa shape index (κ3) is 2.63. The van der Waals surface area contributed by atoms with Gasteiger partial charge in [0.25, 0.3) is 0 Å². The first-order chi connectivity index (χ1) is 9.63. The van der Waals surface area contributed by atoms with Crippen molar-refractivity contribution in [2.45, 2.75) is 18.6 Å². The van der Waals surface area contributed by atoms with Crippen LogP contribution in [0.5, 0.6) is 0 Å². The van der Waals surface area contributed by atoms with E-state index in [1.807, 2.05) is 24.3 Å². The van der Waals surface area contributed by atoms with E-state index < -0.39 is 6.17 Å². The van der Waals surface area contributed by atoms with Gasteiger partial charge in [0.1, 0.15) is 6.17 Å². The summed E-state index contributed by atoms with van der Waals surface area (Å²) in [5.74, 6) is 0.0380. The van der Waals surface area contributed by atoms with Gasteiger partial charge < -0.3 is 15.1 Å². The van der Waals surface area contributed by atoms with Crippen molar-refractivity contribution in [1.29, 1.82) is 0 Å². The van der Waals surface area contributed by atoms with Crippen LogP contribution in [0.25, 0.3) is 0 Å². The molecule has 0 bridgehead atoms. The summed E-state index contributed by atoms with van der Waals surface area (Å²) in [4.78, 5) is 16.3. The van der Waals surface area contributed by atoms with Crippen LogP contribution in [-0.4, -0.2) is 65.5 Å². The molecule has 2 aliphatic heterocycles. The van der Waals surface area contributed by atoms with Gasteiger partial charge >= 0.3 is 0 Å². The highest BCUT2D eigenvalue weighted by atomic mass is 19.1. The number of nitrogens with one attached hydrogen (secondary N) is 1. The fourth-order valence-corrected chi connectivity index (χ4v) is 2.86. The molecule has 110 valence electrons. The Hall–Kier alpha value is -1.63. The van der Waals surface area contributed by atoms with E-state index in [1.54, 1.807) is 4.68 Å². The van der Waals surface area contributed by atoms with Crippen molar-refractivity contribution < 1.29 is 9.18 Å². The molecule has 20 heavy (non-hydrogen) atoms. The minimum Gasteiger partial charge on any atom is -0.365 e. The third-order valence-corrected chi connectivity index (χ3v) is 4.02. The average Bonchev–Trinajstić information content (AvgIpc) is 3.07. The van der Waals surface area contributed by atoms with Gasteiger partial charge in [0.05, 0.1) is 17.9 Å². The van der Waals surface area contributed by atoms with Crippen LogP contribution in [0, 0.1) is 0 Å². The molecule has 1 amide bonds. The number of halogens is 1. The second kappa shape index (κ2) is 5.40. The van der Waals surface area contributed by atoms with Crippen molar-refractivity contribution in [3.63, 3.8) is 0 Å². The molecule has 0 aromatic carbocycles. The Morgan fingerprint density at radius 2 is 2.15 bits per heavy atom. The van der Waals surface area contributed by atoms with Crippen molar-refractivity contribution in [3.05, 3.63) is 12.4 Å². The van der Waals surface area contributed by atoms with Crippen LogP contribution in [0.3, 0.4) is 0 Å². The maximum Gasteiger partial charge on any atom is 0.239 e. The molecule has 1 aromatic heterocycles. The van der Waals surface area contributed by atoms with Crippen molar-refractivity contribution >= 4 is 11.6 Å². The average molecular weight is 281 g/mol. The Labute approximate surface area is 117 Å². The molecule has 3 rings (SSSR count). The number of piperazine rings is 1. The van der Waals surface area contributed by atoms with Gasteiger partial charge in [0.2, 0.25) is 5.91 Å². The summed E-state index contributed by atoms with van der Waals surface area (Å²) in [7, 11) is 1.89. The van der Waals surface area contributed by atoms with E-state index >= 15 is 0 Å². The zero-order valence-electron chi connectivity index (χ0n) is 11.6. The molecule has 1 N–H and O–H groups in total. The number of aryl methyl sites for hydroxylation is 1. The van der Waals surface area contributed by atoms with Gasteiger partial charge in [-0.1, -0.05) is 0 Å². The highest BCUT2D eigenvalue weighted by Crippen LogP contribution is 2.17. The number of anilines is 1. The van der Waals surface area contributed by atoms with Gasteiger partial charge in [-0.3, -0.25) is 9.48 Å². The van der Waals surface area contributed by atoms with E-state index in [0.29, 0.717) is 26.1 Å². The first kappa shape index (κ1) is 13.4. The molecule has 0 unspecified atom stereocenters. The Bertz CT molecular complexity index is 483. The molecule has 2 atom stereocenters. The molecule has 6 nitrogen and oxygen atoms in total. The number of carbonyl (C=O) groups is 1. The summed E-state index contributed by atoms with van der Waals surface area (Å²) in [5.41, 5.74) is 1.09. The highest BCUT2D eigenvalue weighted by Gasteiger charge is 2.33. The van der Waals surface area contributed by atoms with Gasteiger partial charge in [-0.25, -0.2) is 4.39 Å². The van der Waals surface area contributed by atoms with Crippen LogP contribution >= 0.6 is 0 Å². The first-order valence-corrected chi connectivity index (χ1v) is 7.03. The normalized spacial score (nSPS) is 27.1. The standard InChI is InChI=1S/C13H20FN5O/c1-17-9-11(8-16-17)18-2-4-19(5-3-18)13(20)12-6-10(14)7-15-12/h8-10,12,15H,2-7H2,1H3/t10-,12+/m0/s1.